The monoisotopic (exact) mass is 318 g/mol. The molecule has 0 aromatic carbocycles. The molecule has 0 bridgehead atoms. The van der Waals surface area contributed by atoms with Crippen LogP contribution >= 0.6 is 0 Å². The van der Waals surface area contributed by atoms with Crippen molar-refractivity contribution in [3.63, 3.8) is 0 Å². The van der Waals surface area contributed by atoms with Crippen molar-refractivity contribution in [3.05, 3.63) is 0 Å². The van der Waals surface area contributed by atoms with Crippen LogP contribution in [-0.4, -0.2) is 37.1 Å². The van der Waals surface area contributed by atoms with E-state index in [-0.39, 0.29) is 11.3 Å². The molecule has 0 radical (unpaired) electrons. The first kappa shape index (κ1) is 18.9. The molecule has 1 saturated carbocycles. The second kappa shape index (κ2) is 8.49. The quantitative estimate of drug-likeness (QED) is 0.699. The zero-order valence-electron chi connectivity index (χ0n) is 14.1. The van der Waals surface area contributed by atoms with Gasteiger partial charge in [-0.25, -0.2) is 8.42 Å². The fourth-order valence-corrected chi connectivity index (χ4v) is 5.61. The van der Waals surface area contributed by atoms with E-state index in [9.17, 15) is 8.42 Å². The van der Waals surface area contributed by atoms with Crippen molar-refractivity contribution in [2.45, 2.75) is 77.7 Å². The van der Waals surface area contributed by atoms with Crippen LogP contribution < -0.4 is 5.73 Å². The van der Waals surface area contributed by atoms with E-state index in [4.69, 9.17) is 5.73 Å². The first-order valence-electron chi connectivity index (χ1n) is 8.58. The summed E-state index contributed by atoms with van der Waals surface area (Å²) in [5, 5.41) is 0. The second-order valence-corrected chi connectivity index (χ2v) is 8.93. The zero-order valence-corrected chi connectivity index (χ0v) is 14.9. The van der Waals surface area contributed by atoms with E-state index in [1.54, 1.807) is 4.31 Å². The summed E-state index contributed by atoms with van der Waals surface area (Å²) in [6.07, 6.45) is 8.01. The van der Waals surface area contributed by atoms with Crippen molar-refractivity contribution in [2.75, 3.05) is 18.8 Å². The summed E-state index contributed by atoms with van der Waals surface area (Å²) in [7, 11) is -3.21. The molecule has 0 aromatic rings. The van der Waals surface area contributed by atoms with E-state index < -0.39 is 10.0 Å². The molecule has 1 aliphatic rings. The van der Waals surface area contributed by atoms with Crippen LogP contribution in [0.3, 0.4) is 0 Å². The summed E-state index contributed by atoms with van der Waals surface area (Å²) in [6, 6.07) is 0. The number of nitrogens with zero attached hydrogens (tertiary/aromatic N) is 1. The molecule has 2 N–H and O–H groups in total. The lowest BCUT2D eigenvalue weighted by Gasteiger charge is -2.42. The highest BCUT2D eigenvalue weighted by atomic mass is 32.2. The van der Waals surface area contributed by atoms with Gasteiger partial charge in [0.25, 0.3) is 0 Å². The molecule has 0 spiro atoms. The van der Waals surface area contributed by atoms with Crippen LogP contribution in [0.15, 0.2) is 0 Å². The summed E-state index contributed by atoms with van der Waals surface area (Å²) >= 11 is 0. The van der Waals surface area contributed by atoms with Crippen LogP contribution in [0.5, 0.6) is 0 Å². The number of sulfonamides is 1. The Hall–Kier alpha value is -0.130. The minimum atomic E-state index is -3.21. The third kappa shape index (κ3) is 5.22. The predicted octanol–water partition coefficient (Wildman–Crippen LogP) is 3.13. The Bertz CT molecular complexity index is 385. The van der Waals surface area contributed by atoms with E-state index in [1.165, 1.54) is 12.8 Å². The lowest BCUT2D eigenvalue weighted by molar-refractivity contribution is 0.167. The van der Waals surface area contributed by atoms with E-state index in [0.29, 0.717) is 19.0 Å². The van der Waals surface area contributed by atoms with Crippen molar-refractivity contribution < 1.29 is 8.42 Å². The van der Waals surface area contributed by atoms with Crippen LogP contribution in [0, 0.1) is 5.92 Å². The highest BCUT2D eigenvalue weighted by Crippen LogP contribution is 2.34. The largest absolute Gasteiger partial charge is 0.329 e. The third-order valence-electron chi connectivity index (χ3n) is 4.66. The molecule has 21 heavy (non-hydrogen) atoms. The van der Waals surface area contributed by atoms with Crippen molar-refractivity contribution in [1.29, 1.82) is 0 Å². The molecule has 0 saturated heterocycles. The summed E-state index contributed by atoms with van der Waals surface area (Å²) in [4.78, 5) is 0. The smallest absolute Gasteiger partial charge is 0.214 e. The maximum Gasteiger partial charge on any atom is 0.214 e. The summed E-state index contributed by atoms with van der Waals surface area (Å²) in [5.41, 5.74) is 5.75. The molecule has 0 amide bonds. The molecule has 0 aliphatic heterocycles. The summed E-state index contributed by atoms with van der Waals surface area (Å²) in [6.45, 7) is 7.26. The Labute approximate surface area is 131 Å². The van der Waals surface area contributed by atoms with Gasteiger partial charge in [0.1, 0.15) is 0 Å². The third-order valence-corrected chi connectivity index (χ3v) is 6.65. The molecular formula is C16H34N2O2S. The van der Waals surface area contributed by atoms with Crippen LogP contribution in [0.1, 0.15) is 72.1 Å². The molecule has 5 heteroatoms. The van der Waals surface area contributed by atoms with Crippen LogP contribution in [0.25, 0.3) is 0 Å². The van der Waals surface area contributed by atoms with Gasteiger partial charge < -0.3 is 5.73 Å². The Morgan fingerprint density at radius 3 is 2.14 bits per heavy atom. The fraction of sp³-hybridized carbons (Fsp3) is 1.00. The molecule has 0 heterocycles. The number of nitrogens with two attached hydrogens (primary N) is 1. The Balaban J connectivity index is 3.00. The van der Waals surface area contributed by atoms with Gasteiger partial charge in [-0.15, -0.1) is 0 Å². The van der Waals surface area contributed by atoms with Gasteiger partial charge in [-0.1, -0.05) is 46.5 Å². The van der Waals surface area contributed by atoms with Gasteiger partial charge >= 0.3 is 0 Å². The maximum absolute atomic E-state index is 12.9. The minimum Gasteiger partial charge on any atom is -0.329 e. The van der Waals surface area contributed by atoms with E-state index in [0.717, 1.165) is 38.5 Å². The molecule has 0 atom stereocenters. The molecule has 1 aliphatic carbocycles. The van der Waals surface area contributed by atoms with E-state index in [1.807, 2.05) is 6.92 Å². The highest BCUT2D eigenvalue weighted by molar-refractivity contribution is 7.89. The van der Waals surface area contributed by atoms with Gasteiger partial charge in [0.2, 0.25) is 10.0 Å². The number of rotatable bonds is 8. The number of hydrogen-bond donors (Lipinski definition) is 1. The van der Waals surface area contributed by atoms with Crippen LogP contribution in [0.4, 0.5) is 0 Å². The SMILES string of the molecule is CCCN(C1(CN)CCCCCC1)S(=O)(=O)CCC(C)C. The van der Waals surface area contributed by atoms with Crippen LogP contribution in [0.2, 0.25) is 0 Å². The van der Waals surface area contributed by atoms with Gasteiger partial charge in [-0.2, -0.15) is 4.31 Å². The topological polar surface area (TPSA) is 63.4 Å². The first-order chi connectivity index (χ1) is 9.88. The molecule has 4 nitrogen and oxygen atoms in total. The van der Waals surface area contributed by atoms with Crippen molar-refractivity contribution in [3.8, 4) is 0 Å². The van der Waals surface area contributed by atoms with Gasteiger partial charge in [-0.3, -0.25) is 0 Å². The Morgan fingerprint density at radius 2 is 1.71 bits per heavy atom. The lowest BCUT2D eigenvalue weighted by atomic mass is 9.90. The molecule has 1 rings (SSSR count). The standard InChI is InChI=1S/C16H34N2O2S/c1-4-12-18(21(19,20)13-9-15(2)3)16(14-17)10-7-5-6-8-11-16/h15H,4-14,17H2,1-3H3. The fourth-order valence-electron chi connectivity index (χ4n) is 3.31. The molecule has 0 aromatic heterocycles. The molecular weight excluding hydrogens is 284 g/mol. The highest BCUT2D eigenvalue weighted by Gasteiger charge is 2.41. The van der Waals surface area contributed by atoms with Crippen molar-refractivity contribution in [2.24, 2.45) is 11.7 Å². The Morgan fingerprint density at radius 1 is 1.14 bits per heavy atom. The van der Waals surface area contributed by atoms with E-state index >= 15 is 0 Å². The van der Waals surface area contributed by atoms with Crippen LogP contribution in [-0.2, 0) is 10.0 Å². The van der Waals surface area contributed by atoms with E-state index in [2.05, 4.69) is 13.8 Å². The van der Waals surface area contributed by atoms with Gasteiger partial charge in [0, 0.05) is 18.6 Å². The average molecular weight is 319 g/mol. The molecule has 1 fully saturated rings. The molecule has 0 unspecified atom stereocenters. The zero-order chi connectivity index (χ0) is 15.9. The van der Waals surface area contributed by atoms with Gasteiger partial charge in [0.05, 0.1) is 5.75 Å². The van der Waals surface area contributed by atoms with Crippen molar-refractivity contribution >= 4 is 10.0 Å². The minimum absolute atomic E-state index is 0.256. The average Bonchev–Trinajstić information content (AvgIpc) is 2.69. The summed E-state index contributed by atoms with van der Waals surface area (Å²) < 4.78 is 27.5. The second-order valence-electron chi connectivity index (χ2n) is 6.91. The lowest BCUT2D eigenvalue weighted by Crippen LogP contribution is -2.56. The predicted molar refractivity (Wildman–Crippen MR) is 89.7 cm³/mol. The molecule has 126 valence electrons. The number of hydrogen-bond acceptors (Lipinski definition) is 3. The van der Waals surface area contributed by atoms with Gasteiger partial charge in [0.15, 0.2) is 0 Å². The normalized spacial score (nSPS) is 19.9. The van der Waals surface area contributed by atoms with Gasteiger partial charge in [-0.05, 0) is 31.6 Å². The van der Waals surface area contributed by atoms with Crippen molar-refractivity contribution in [1.82, 2.24) is 4.31 Å². The summed E-state index contributed by atoms with van der Waals surface area (Å²) in [5.74, 6) is 0.665. The maximum atomic E-state index is 12.9. The first-order valence-corrected chi connectivity index (χ1v) is 10.2. The Kier molecular flexibility index (Phi) is 7.65.